The minimum atomic E-state index is -0.477. The predicted octanol–water partition coefficient (Wildman–Crippen LogP) is 2.24. The van der Waals surface area contributed by atoms with E-state index in [2.05, 4.69) is 39.5 Å². The second-order valence-corrected chi connectivity index (χ2v) is 7.87. The van der Waals surface area contributed by atoms with Gasteiger partial charge in [0.15, 0.2) is 0 Å². The van der Waals surface area contributed by atoms with Crippen LogP contribution in [-0.2, 0) is 22.6 Å². The van der Waals surface area contributed by atoms with Crippen molar-refractivity contribution >= 4 is 11.9 Å². The van der Waals surface area contributed by atoms with E-state index < -0.39 is 6.03 Å². The molecule has 2 aromatic carbocycles. The van der Waals surface area contributed by atoms with Crippen molar-refractivity contribution in [1.29, 1.82) is 0 Å². The third-order valence-corrected chi connectivity index (χ3v) is 5.37. The van der Waals surface area contributed by atoms with E-state index in [1.54, 1.807) is 0 Å². The van der Waals surface area contributed by atoms with Gasteiger partial charge in [-0.1, -0.05) is 60.7 Å². The van der Waals surface area contributed by atoms with Crippen molar-refractivity contribution in [2.75, 3.05) is 39.4 Å². The molecule has 1 atom stereocenters. The van der Waals surface area contributed by atoms with Crippen LogP contribution in [-0.4, -0.2) is 67.2 Å². The Balaban J connectivity index is 1.54. The van der Waals surface area contributed by atoms with E-state index in [1.165, 1.54) is 0 Å². The van der Waals surface area contributed by atoms with Gasteiger partial charge in [-0.25, -0.2) is 4.79 Å². The number of morpholine rings is 1. The number of ether oxygens (including phenoxy) is 1. The Morgan fingerprint density at radius 1 is 1.00 bits per heavy atom. The fraction of sp³-hybridized carbons (Fsp3) is 0.417. The maximum atomic E-state index is 12.6. The average Bonchev–Trinajstić information content (AvgIpc) is 2.79. The summed E-state index contributed by atoms with van der Waals surface area (Å²) >= 11 is 0. The van der Waals surface area contributed by atoms with Gasteiger partial charge in [0.25, 0.3) is 0 Å². The molecule has 0 aromatic heterocycles. The Morgan fingerprint density at radius 2 is 1.61 bits per heavy atom. The van der Waals surface area contributed by atoms with Crippen molar-refractivity contribution in [3.8, 4) is 0 Å². The van der Waals surface area contributed by atoms with E-state index >= 15 is 0 Å². The molecule has 2 N–H and O–H groups in total. The number of rotatable bonds is 9. The van der Waals surface area contributed by atoms with Gasteiger partial charge in [0.2, 0.25) is 5.91 Å². The van der Waals surface area contributed by atoms with Crippen molar-refractivity contribution in [1.82, 2.24) is 20.4 Å². The van der Waals surface area contributed by atoms with Gasteiger partial charge in [0.1, 0.15) is 0 Å². The highest BCUT2D eigenvalue weighted by molar-refractivity contribution is 5.95. The summed E-state index contributed by atoms with van der Waals surface area (Å²) in [6.45, 7) is 7.44. The zero-order valence-electron chi connectivity index (χ0n) is 18.1. The van der Waals surface area contributed by atoms with Crippen LogP contribution >= 0.6 is 0 Å². The SMILES string of the molecule is CC(CN1CCOCC1)N(CC(=O)NC(=O)NCc1ccccc1)Cc1ccccc1. The first kappa shape index (κ1) is 22.9. The highest BCUT2D eigenvalue weighted by Crippen LogP contribution is 2.10. The molecule has 1 fully saturated rings. The lowest BCUT2D eigenvalue weighted by Gasteiger charge is -2.34. The van der Waals surface area contributed by atoms with Crippen molar-refractivity contribution in [3.05, 3.63) is 71.8 Å². The molecule has 1 unspecified atom stereocenters. The number of carbonyl (C=O) groups is 2. The second-order valence-electron chi connectivity index (χ2n) is 7.87. The fourth-order valence-corrected chi connectivity index (χ4v) is 3.63. The summed E-state index contributed by atoms with van der Waals surface area (Å²) in [5.74, 6) is -0.310. The number of carbonyl (C=O) groups excluding carboxylic acids is 2. The van der Waals surface area contributed by atoms with Gasteiger partial charge in [-0.3, -0.25) is 19.9 Å². The molecular formula is C24H32N4O3. The molecule has 1 heterocycles. The highest BCUT2D eigenvalue weighted by Gasteiger charge is 2.22. The first-order valence-electron chi connectivity index (χ1n) is 10.8. The Hall–Kier alpha value is -2.74. The van der Waals surface area contributed by atoms with E-state index in [0.29, 0.717) is 13.1 Å². The number of hydrogen-bond donors (Lipinski definition) is 2. The Labute approximate surface area is 184 Å². The van der Waals surface area contributed by atoms with Crippen LogP contribution < -0.4 is 10.6 Å². The number of urea groups is 1. The molecule has 1 aliphatic rings. The number of amides is 3. The van der Waals surface area contributed by atoms with Gasteiger partial charge in [-0.2, -0.15) is 0 Å². The molecule has 7 heteroatoms. The number of imide groups is 1. The summed E-state index contributed by atoms with van der Waals surface area (Å²) in [4.78, 5) is 29.3. The molecule has 0 spiro atoms. The summed E-state index contributed by atoms with van der Waals surface area (Å²) in [6, 6.07) is 19.4. The molecule has 1 saturated heterocycles. The van der Waals surface area contributed by atoms with Crippen LogP contribution in [0.1, 0.15) is 18.1 Å². The largest absolute Gasteiger partial charge is 0.379 e. The Bertz CT molecular complexity index is 810. The minimum absolute atomic E-state index is 0.149. The van der Waals surface area contributed by atoms with Gasteiger partial charge in [-0.05, 0) is 18.1 Å². The maximum absolute atomic E-state index is 12.6. The smallest absolute Gasteiger partial charge is 0.321 e. The Kier molecular flexibility index (Phi) is 9.02. The van der Waals surface area contributed by atoms with Crippen LogP contribution in [0, 0.1) is 0 Å². The molecule has 3 amide bonds. The average molecular weight is 425 g/mol. The lowest BCUT2D eigenvalue weighted by molar-refractivity contribution is -0.122. The Morgan fingerprint density at radius 3 is 2.26 bits per heavy atom. The van der Waals surface area contributed by atoms with Gasteiger partial charge in [-0.15, -0.1) is 0 Å². The minimum Gasteiger partial charge on any atom is -0.379 e. The van der Waals surface area contributed by atoms with Crippen molar-refractivity contribution in [2.24, 2.45) is 0 Å². The third kappa shape index (κ3) is 8.13. The standard InChI is InChI=1S/C24H32N4O3/c1-20(17-27-12-14-31-15-13-27)28(18-22-10-6-3-7-11-22)19-23(29)26-24(30)25-16-21-8-4-2-5-9-21/h2-11,20H,12-19H2,1H3,(H2,25,26,29,30). The maximum Gasteiger partial charge on any atom is 0.321 e. The quantitative estimate of drug-likeness (QED) is 0.646. The van der Waals surface area contributed by atoms with E-state index in [-0.39, 0.29) is 18.5 Å². The summed E-state index contributed by atoms with van der Waals surface area (Å²) in [5.41, 5.74) is 2.12. The molecule has 0 bridgehead atoms. The number of nitrogens with zero attached hydrogens (tertiary/aromatic N) is 2. The molecule has 7 nitrogen and oxygen atoms in total. The number of benzene rings is 2. The molecule has 0 aliphatic carbocycles. The number of hydrogen-bond acceptors (Lipinski definition) is 5. The molecule has 166 valence electrons. The molecule has 0 saturated carbocycles. The van der Waals surface area contributed by atoms with E-state index in [0.717, 1.165) is 44.0 Å². The van der Waals surface area contributed by atoms with Crippen LogP contribution in [0.2, 0.25) is 0 Å². The van der Waals surface area contributed by atoms with Crippen LogP contribution in [0.15, 0.2) is 60.7 Å². The summed E-state index contributed by atoms with van der Waals surface area (Å²) in [7, 11) is 0. The lowest BCUT2D eigenvalue weighted by atomic mass is 10.1. The number of nitrogens with one attached hydrogen (secondary N) is 2. The molecule has 3 rings (SSSR count). The van der Waals surface area contributed by atoms with E-state index in [1.807, 2.05) is 48.5 Å². The van der Waals surface area contributed by atoms with Crippen LogP contribution in [0.4, 0.5) is 4.79 Å². The molecule has 0 radical (unpaired) electrons. The van der Waals surface area contributed by atoms with Gasteiger partial charge in [0.05, 0.1) is 19.8 Å². The second kappa shape index (κ2) is 12.2. The third-order valence-electron chi connectivity index (χ3n) is 5.37. The van der Waals surface area contributed by atoms with Gasteiger partial charge >= 0.3 is 6.03 Å². The van der Waals surface area contributed by atoms with Gasteiger partial charge in [0, 0.05) is 38.8 Å². The van der Waals surface area contributed by atoms with Crippen LogP contribution in [0.3, 0.4) is 0 Å². The first-order chi connectivity index (χ1) is 15.1. The highest BCUT2D eigenvalue weighted by atomic mass is 16.5. The van der Waals surface area contributed by atoms with Gasteiger partial charge < -0.3 is 10.1 Å². The van der Waals surface area contributed by atoms with Crippen molar-refractivity contribution in [2.45, 2.75) is 26.1 Å². The monoisotopic (exact) mass is 424 g/mol. The lowest BCUT2D eigenvalue weighted by Crippen LogP contribution is -2.50. The van der Waals surface area contributed by atoms with Crippen molar-refractivity contribution < 1.29 is 14.3 Å². The normalized spacial score (nSPS) is 15.4. The van der Waals surface area contributed by atoms with Crippen LogP contribution in [0.25, 0.3) is 0 Å². The molecular weight excluding hydrogens is 392 g/mol. The van der Waals surface area contributed by atoms with Crippen molar-refractivity contribution in [3.63, 3.8) is 0 Å². The summed E-state index contributed by atoms with van der Waals surface area (Å²) in [5, 5.41) is 5.20. The first-order valence-corrected chi connectivity index (χ1v) is 10.8. The summed E-state index contributed by atoms with van der Waals surface area (Å²) < 4.78 is 5.44. The predicted molar refractivity (Wildman–Crippen MR) is 120 cm³/mol. The molecule has 1 aliphatic heterocycles. The van der Waals surface area contributed by atoms with Crippen LogP contribution in [0.5, 0.6) is 0 Å². The summed E-state index contributed by atoms with van der Waals surface area (Å²) in [6.07, 6.45) is 0. The van der Waals surface area contributed by atoms with E-state index in [4.69, 9.17) is 4.74 Å². The fourth-order valence-electron chi connectivity index (χ4n) is 3.63. The van der Waals surface area contributed by atoms with E-state index in [9.17, 15) is 9.59 Å². The molecule has 2 aromatic rings. The topological polar surface area (TPSA) is 73.9 Å². The zero-order chi connectivity index (χ0) is 21.9. The molecule has 31 heavy (non-hydrogen) atoms. The zero-order valence-corrected chi connectivity index (χ0v) is 18.1.